The standard InChI is InChI=1S/C17H22N2O/c1-4-20-17-8-6-5-7-16(17)14(3)19-12-15-9-10-18-11-13(15)2/h5-11,14,19H,4,12H2,1-3H3. The molecule has 1 aromatic heterocycles. The molecule has 0 amide bonds. The normalized spacial score (nSPS) is 12.2. The topological polar surface area (TPSA) is 34.1 Å². The lowest BCUT2D eigenvalue weighted by atomic mass is 10.1. The molecule has 2 rings (SSSR count). The van der Waals surface area contributed by atoms with Crippen LogP contribution in [0.3, 0.4) is 0 Å². The SMILES string of the molecule is CCOc1ccccc1C(C)NCc1ccncc1C. The van der Waals surface area contributed by atoms with Crippen molar-refractivity contribution in [2.75, 3.05) is 6.61 Å². The van der Waals surface area contributed by atoms with E-state index in [0.29, 0.717) is 6.61 Å². The highest BCUT2D eigenvalue weighted by molar-refractivity contribution is 5.35. The summed E-state index contributed by atoms with van der Waals surface area (Å²) in [5, 5.41) is 3.55. The summed E-state index contributed by atoms with van der Waals surface area (Å²) >= 11 is 0. The summed E-state index contributed by atoms with van der Waals surface area (Å²) in [5.41, 5.74) is 3.69. The van der Waals surface area contributed by atoms with Crippen LogP contribution in [0, 0.1) is 6.92 Å². The first kappa shape index (κ1) is 14.5. The minimum absolute atomic E-state index is 0.241. The van der Waals surface area contributed by atoms with E-state index < -0.39 is 0 Å². The second-order valence-electron chi connectivity index (χ2n) is 4.88. The maximum absolute atomic E-state index is 5.68. The molecule has 0 radical (unpaired) electrons. The summed E-state index contributed by atoms with van der Waals surface area (Å²) in [6.45, 7) is 7.77. The second-order valence-corrected chi connectivity index (χ2v) is 4.88. The molecular formula is C17H22N2O. The van der Waals surface area contributed by atoms with Gasteiger partial charge in [-0.15, -0.1) is 0 Å². The number of para-hydroxylation sites is 1. The minimum atomic E-state index is 0.241. The molecule has 0 aliphatic heterocycles. The van der Waals surface area contributed by atoms with E-state index in [2.05, 4.69) is 36.3 Å². The predicted octanol–water partition coefficient (Wildman–Crippen LogP) is 3.64. The number of nitrogens with one attached hydrogen (secondary N) is 1. The second kappa shape index (κ2) is 7.06. The fourth-order valence-electron chi connectivity index (χ4n) is 2.20. The molecule has 0 bridgehead atoms. The van der Waals surface area contributed by atoms with Gasteiger partial charge in [-0.1, -0.05) is 18.2 Å². The lowest BCUT2D eigenvalue weighted by molar-refractivity contribution is 0.332. The molecule has 106 valence electrons. The Hall–Kier alpha value is -1.87. The van der Waals surface area contributed by atoms with Gasteiger partial charge in [-0.2, -0.15) is 0 Å². The molecule has 3 nitrogen and oxygen atoms in total. The predicted molar refractivity (Wildman–Crippen MR) is 81.8 cm³/mol. The van der Waals surface area contributed by atoms with Crippen LogP contribution in [0.1, 0.15) is 36.6 Å². The first-order chi connectivity index (χ1) is 9.72. The molecule has 0 aliphatic carbocycles. The van der Waals surface area contributed by atoms with E-state index in [4.69, 9.17) is 4.74 Å². The van der Waals surface area contributed by atoms with Crippen LogP contribution in [0.4, 0.5) is 0 Å². The molecule has 1 N–H and O–H groups in total. The van der Waals surface area contributed by atoms with Gasteiger partial charge < -0.3 is 10.1 Å². The van der Waals surface area contributed by atoms with E-state index in [1.165, 1.54) is 16.7 Å². The number of rotatable bonds is 6. The molecule has 1 atom stereocenters. The van der Waals surface area contributed by atoms with Crippen molar-refractivity contribution in [3.8, 4) is 5.75 Å². The molecule has 1 aromatic carbocycles. The van der Waals surface area contributed by atoms with E-state index in [0.717, 1.165) is 12.3 Å². The van der Waals surface area contributed by atoms with Crippen molar-refractivity contribution in [1.29, 1.82) is 0 Å². The van der Waals surface area contributed by atoms with Gasteiger partial charge in [0.15, 0.2) is 0 Å². The lowest BCUT2D eigenvalue weighted by Crippen LogP contribution is -2.19. The van der Waals surface area contributed by atoms with E-state index in [-0.39, 0.29) is 6.04 Å². The number of ether oxygens (including phenoxy) is 1. The van der Waals surface area contributed by atoms with E-state index >= 15 is 0 Å². The highest BCUT2D eigenvalue weighted by Crippen LogP contribution is 2.25. The molecule has 20 heavy (non-hydrogen) atoms. The van der Waals surface area contributed by atoms with Crippen LogP contribution < -0.4 is 10.1 Å². The maximum Gasteiger partial charge on any atom is 0.124 e. The number of benzene rings is 1. The molecule has 0 spiro atoms. The van der Waals surface area contributed by atoms with Crippen LogP contribution in [0.5, 0.6) is 5.75 Å². The molecule has 0 saturated carbocycles. The van der Waals surface area contributed by atoms with Crippen molar-refractivity contribution in [2.45, 2.75) is 33.4 Å². The highest BCUT2D eigenvalue weighted by atomic mass is 16.5. The van der Waals surface area contributed by atoms with E-state index in [1.807, 2.05) is 37.5 Å². The Morgan fingerprint density at radius 2 is 2.05 bits per heavy atom. The van der Waals surface area contributed by atoms with Gasteiger partial charge in [0.1, 0.15) is 5.75 Å². The van der Waals surface area contributed by atoms with Gasteiger partial charge in [0, 0.05) is 30.5 Å². The summed E-state index contributed by atoms with van der Waals surface area (Å²) in [5.74, 6) is 0.960. The van der Waals surface area contributed by atoms with Crippen molar-refractivity contribution < 1.29 is 4.74 Å². The molecule has 3 heteroatoms. The summed E-state index contributed by atoms with van der Waals surface area (Å²) in [6.07, 6.45) is 3.73. The van der Waals surface area contributed by atoms with Crippen LogP contribution >= 0.6 is 0 Å². The zero-order valence-electron chi connectivity index (χ0n) is 12.4. The van der Waals surface area contributed by atoms with Crippen molar-refractivity contribution >= 4 is 0 Å². The molecule has 1 heterocycles. The van der Waals surface area contributed by atoms with Gasteiger partial charge in [0.05, 0.1) is 6.61 Å². The Morgan fingerprint density at radius 1 is 1.25 bits per heavy atom. The van der Waals surface area contributed by atoms with Crippen molar-refractivity contribution in [3.63, 3.8) is 0 Å². The number of aromatic nitrogens is 1. The third kappa shape index (κ3) is 3.58. The third-order valence-corrected chi connectivity index (χ3v) is 3.42. The Balaban J connectivity index is 2.05. The molecule has 1 unspecified atom stereocenters. The Morgan fingerprint density at radius 3 is 2.80 bits per heavy atom. The van der Waals surface area contributed by atoms with Gasteiger partial charge >= 0.3 is 0 Å². The van der Waals surface area contributed by atoms with Crippen LogP contribution in [-0.2, 0) is 6.54 Å². The highest BCUT2D eigenvalue weighted by Gasteiger charge is 2.10. The zero-order valence-corrected chi connectivity index (χ0v) is 12.4. The van der Waals surface area contributed by atoms with Crippen LogP contribution in [0.25, 0.3) is 0 Å². The zero-order chi connectivity index (χ0) is 14.4. The number of hydrogen-bond acceptors (Lipinski definition) is 3. The Labute approximate surface area is 121 Å². The Bertz CT molecular complexity index is 554. The molecule has 2 aromatic rings. The fourth-order valence-corrected chi connectivity index (χ4v) is 2.20. The minimum Gasteiger partial charge on any atom is -0.494 e. The maximum atomic E-state index is 5.68. The summed E-state index contributed by atoms with van der Waals surface area (Å²) in [4.78, 5) is 4.12. The number of aryl methyl sites for hydroxylation is 1. The quantitative estimate of drug-likeness (QED) is 0.870. The van der Waals surface area contributed by atoms with E-state index in [1.54, 1.807) is 0 Å². The first-order valence-electron chi connectivity index (χ1n) is 7.07. The van der Waals surface area contributed by atoms with Crippen molar-refractivity contribution in [2.24, 2.45) is 0 Å². The fraction of sp³-hybridized carbons (Fsp3) is 0.353. The first-order valence-corrected chi connectivity index (χ1v) is 7.07. The van der Waals surface area contributed by atoms with Crippen molar-refractivity contribution in [1.82, 2.24) is 10.3 Å². The van der Waals surface area contributed by atoms with Gasteiger partial charge in [-0.3, -0.25) is 4.98 Å². The molecule has 0 aliphatic rings. The van der Waals surface area contributed by atoms with Crippen LogP contribution in [0.2, 0.25) is 0 Å². The number of nitrogens with zero attached hydrogens (tertiary/aromatic N) is 1. The third-order valence-electron chi connectivity index (χ3n) is 3.42. The van der Waals surface area contributed by atoms with Crippen molar-refractivity contribution in [3.05, 3.63) is 59.4 Å². The number of hydrogen-bond donors (Lipinski definition) is 1. The summed E-state index contributed by atoms with van der Waals surface area (Å²) in [7, 11) is 0. The van der Waals surface area contributed by atoms with Gasteiger partial charge in [0.2, 0.25) is 0 Å². The summed E-state index contributed by atoms with van der Waals surface area (Å²) < 4.78 is 5.68. The van der Waals surface area contributed by atoms with E-state index in [9.17, 15) is 0 Å². The largest absolute Gasteiger partial charge is 0.494 e. The van der Waals surface area contributed by atoms with Gasteiger partial charge in [-0.05, 0) is 44.0 Å². The van der Waals surface area contributed by atoms with Gasteiger partial charge in [0.25, 0.3) is 0 Å². The number of pyridine rings is 1. The van der Waals surface area contributed by atoms with Crippen LogP contribution in [-0.4, -0.2) is 11.6 Å². The average Bonchev–Trinajstić information content (AvgIpc) is 2.47. The lowest BCUT2D eigenvalue weighted by Gasteiger charge is -2.18. The van der Waals surface area contributed by atoms with Crippen LogP contribution in [0.15, 0.2) is 42.7 Å². The molecular weight excluding hydrogens is 248 g/mol. The summed E-state index contributed by atoms with van der Waals surface area (Å²) in [6, 6.07) is 10.5. The molecule has 0 saturated heterocycles. The average molecular weight is 270 g/mol. The smallest absolute Gasteiger partial charge is 0.124 e. The Kier molecular flexibility index (Phi) is 5.13. The monoisotopic (exact) mass is 270 g/mol. The molecule has 0 fully saturated rings. The van der Waals surface area contributed by atoms with Gasteiger partial charge in [-0.25, -0.2) is 0 Å².